The van der Waals surface area contributed by atoms with Gasteiger partial charge in [0.05, 0.1) is 17.8 Å². The highest BCUT2D eigenvalue weighted by atomic mass is 35.5. The van der Waals surface area contributed by atoms with E-state index >= 15 is 0 Å². The first-order valence-corrected chi connectivity index (χ1v) is 8.91. The summed E-state index contributed by atoms with van der Waals surface area (Å²) in [6.07, 6.45) is 5.40. The second-order valence-corrected chi connectivity index (χ2v) is 8.31. The molecule has 0 N–H and O–H groups in total. The summed E-state index contributed by atoms with van der Waals surface area (Å²) in [4.78, 5) is 16.0. The van der Waals surface area contributed by atoms with Gasteiger partial charge in [-0.15, -0.1) is 0 Å². The zero-order chi connectivity index (χ0) is 15.2. The number of hydrogen-bond acceptors (Lipinski definition) is 5. The van der Waals surface area contributed by atoms with E-state index in [0.29, 0.717) is 11.3 Å². The highest BCUT2D eigenvalue weighted by molar-refractivity contribution is 7.69. The molecule has 0 amide bonds. The molecule has 0 saturated carbocycles. The Morgan fingerprint density at radius 1 is 1.24 bits per heavy atom. The van der Waals surface area contributed by atoms with Gasteiger partial charge in [0, 0.05) is 12.4 Å². The van der Waals surface area contributed by atoms with Gasteiger partial charge in [-0.25, -0.2) is 14.4 Å². The number of nitrogens with zero attached hydrogens (tertiary/aromatic N) is 5. The van der Waals surface area contributed by atoms with E-state index in [-0.39, 0.29) is 16.3 Å². The van der Waals surface area contributed by atoms with Crippen LogP contribution in [0.2, 0.25) is 5.28 Å². The van der Waals surface area contributed by atoms with Crippen LogP contribution in [0.4, 0.5) is 4.39 Å². The lowest BCUT2D eigenvalue weighted by atomic mass is 10.4. The van der Waals surface area contributed by atoms with Crippen LogP contribution in [0.25, 0.3) is 16.9 Å². The monoisotopic (exact) mass is 325 g/mol. The molecule has 9 heteroatoms. The first kappa shape index (κ1) is 14.1. The second-order valence-electron chi connectivity index (χ2n) is 4.81. The van der Waals surface area contributed by atoms with Crippen LogP contribution in [0, 0.1) is 5.82 Å². The van der Waals surface area contributed by atoms with Crippen molar-refractivity contribution in [3.8, 4) is 5.82 Å². The molecule has 3 rings (SSSR count). The lowest BCUT2D eigenvalue weighted by molar-refractivity contribution is 0.587. The van der Waals surface area contributed by atoms with E-state index in [4.69, 9.17) is 11.6 Å². The Hall–Kier alpha value is -1.85. The summed E-state index contributed by atoms with van der Waals surface area (Å²) < 4.78 is 27.4. The Morgan fingerprint density at radius 3 is 2.71 bits per heavy atom. The number of fused-ring (bicyclic) bond motifs is 1. The summed E-state index contributed by atoms with van der Waals surface area (Å²) in [6.45, 7) is 3.18. The molecule has 0 bridgehead atoms. The molecule has 0 atom stereocenters. The third-order valence-electron chi connectivity index (χ3n) is 2.87. The smallest absolute Gasteiger partial charge is 0.224 e. The van der Waals surface area contributed by atoms with Crippen molar-refractivity contribution < 1.29 is 8.96 Å². The fraction of sp³-hybridized carbons (Fsp3) is 0.167. The first-order valence-electron chi connectivity index (χ1n) is 5.93. The average Bonchev–Trinajstić information content (AvgIpc) is 2.75. The molecule has 0 aromatic carbocycles. The number of hydrogen-bond donors (Lipinski definition) is 0. The fourth-order valence-electron chi connectivity index (χ4n) is 1.84. The first-order chi connectivity index (χ1) is 9.86. The fourth-order valence-corrected chi connectivity index (χ4v) is 2.66. The van der Waals surface area contributed by atoms with Gasteiger partial charge >= 0.3 is 0 Å². The van der Waals surface area contributed by atoms with Crippen LogP contribution in [0.15, 0.2) is 24.8 Å². The van der Waals surface area contributed by atoms with Gasteiger partial charge in [-0.3, -0.25) is 9.55 Å². The number of rotatable bonds is 2. The molecule has 0 saturated heterocycles. The molecule has 108 valence electrons. The molecule has 3 aromatic rings. The zero-order valence-electron chi connectivity index (χ0n) is 11.2. The van der Waals surface area contributed by atoms with Gasteiger partial charge in [0.2, 0.25) is 5.28 Å². The summed E-state index contributed by atoms with van der Waals surface area (Å²) >= 11 is 5.75. The van der Waals surface area contributed by atoms with E-state index in [1.807, 2.05) is 0 Å². The van der Waals surface area contributed by atoms with E-state index in [1.54, 1.807) is 13.3 Å². The lowest BCUT2D eigenvalue weighted by Gasteiger charge is -2.08. The van der Waals surface area contributed by atoms with Gasteiger partial charge in [-0.2, -0.15) is 4.98 Å². The minimum atomic E-state index is -2.57. The Labute approximate surface area is 124 Å². The number of halogens is 2. The third kappa shape index (κ3) is 2.54. The van der Waals surface area contributed by atoms with E-state index in [0.717, 1.165) is 0 Å². The van der Waals surface area contributed by atoms with Gasteiger partial charge in [-0.1, -0.05) is 0 Å². The van der Waals surface area contributed by atoms with Crippen LogP contribution in [-0.4, -0.2) is 37.8 Å². The molecule has 0 spiro atoms. The van der Waals surface area contributed by atoms with Gasteiger partial charge in [0.25, 0.3) is 0 Å². The summed E-state index contributed by atoms with van der Waals surface area (Å²) in [6, 6.07) is 0. The van der Waals surface area contributed by atoms with Gasteiger partial charge < -0.3 is 4.57 Å². The molecular formula is C12H10ClFN5OP. The van der Waals surface area contributed by atoms with Crippen molar-refractivity contribution in [3.05, 3.63) is 35.9 Å². The molecule has 3 heterocycles. The van der Waals surface area contributed by atoms with Crippen LogP contribution in [0.3, 0.4) is 0 Å². The quantitative estimate of drug-likeness (QED) is 0.533. The summed E-state index contributed by atoms with van der Waals surface area (Å²) in [5.41, 5.74) is 0.642. The van der Waals surface area contributed by atoms with Crippen LogP contribution in [0.5, 0.6) is 0 Å². The van der Waals surface area contributed by atoms with Crippen LogP contribution in [-0.2, 0) is 4.57 Å². The average molecular weight is 326 g/mol. The van der Waals surface area contributed by atoms with Crippen LogP contribution < -0.4 is 5.44 Å². The molecule has 3 aromatic heterocycles. The van der Waals surface area contributed by atoms with Crippen molar-refractivity contribution in [3.63, 3.8) is 0 Å². The Bertz CT molecular complexity index is 890. The van der Waals surface area contributed by atoms with Crippen molar-refractivity contribution in [2.75, 3.05) is 13.3 Å². The maximum absolute atomic E-state index is 13.9. The van der Waals surface area contributed by atoms with Crippen molar-refractivity contribution in [1.29, 1.82) is 0 Å². The predicted octanol–water partition coefficient (Wildman–Crippen LogP) is 2.25. The molecule has 0 fully saturated rings. The van der Waals surface area contributed by atoms with Crippen LogP contribution >= 0.6 is 18.7 Å². The Balaban J connectivity index is 2.26. The molecule has 0 aliphatic carbocycles. The van der Waals surface area contributed by atoms with Crippen molar-refractivity contribution in [2.24, 2.45) is 0 Å². The topological polar surface area (TPSA) is 73.6 Å². The summed E-state index contributed by atoms with van der Waals surface area (Å²) in [7, 11) is -2.57. The van der Waals surface area contributed by atoms with E-state index in [2.05, 4.69) is 19.9 Å². The molecule has 6 nitrogen and oxygen atoms in total. The standard InChI is InChI=1S/C12H10ClFN5OP/c1-21(2,20)10-5-15-4-9(17-10)19-6-8(14)7-3-16-12(13)18-11(7)19/h3-6H,1-2H3. The van der Waals surface area contributed by atoms with Crippen LogP contribution in [0.1, 0.15) is 0 Å². The highest BCUT2D eigenvalue weighted by Crippen LogP contribution is 2.33. The minimum Gasteiger partial charge on any atom is -0.318 e. The molecule has 0 aliphatic heterocycles. The molecule has 0 radical (unpaired) electrons. The van der Waals surface area contributed by atoms with E-state index < -0.39 is 13.0 Å². The molecule has 0 aliphatic rings. The lowest BCUT2D eigenvalue weighted by Crippen LogP contribution is -2.13. The summed E-state index contributed by atoms with van der Waals surface area (Å²) in [5, 5.41) is 0.227. The second kappa shape index (κ2) is 4.86. The van der Waals surface area contributed by atoms with Gasteiger partial charge in [0.1, 0.15) is 12.6 Å². The van der Waals surface area contributed by atoms with Crippen molar-refractivity contribution in [2.45, 2.75) is 0 Å². The predicted molar refractivity (Wildman–Crippen MR) is 78.5 cm³/mol. The highest BCUT2D eigenvalue weighted by Gasteiger charge is 2.17. The van der Waals surface area contributed by atoms with Gasteiger partial charge in [0.15, 0.2) is 17.3 Å². The zero-order valence-corrected chi connectivity index (χ0v) is 12.8. The Kier molecular flexibility index (Phi) is 3.26. The SMILES string of the molecule is CP(C)(=O)c1cncc(-n2cc(F)c3cnc(Cl)nc32)n1. The number of aromatic nitrogens is 5. The molecule has 0 unspecified atom stereocenters. The van der Waals surface area contributed by atoms with E-state index in [1.165, 1.54) is 29.4 Å². The van der Waals surface area contributed by atoms with Crippen molar-refractivity contribution in [1.82, 2.24) is 24.5 Å². The van der Waals surface area contributed by atoms with E-state index in [9.17, 15) is 8.96 Å². The maximum Gasteiger partial charge on any atom is 0.224 e. The minimum absolute atomic E-state index is 0.00242. The Morgan fingerprint density at radius 2 is 2.00 bits per heavy atom. The molecular weight excluding hydrogens is 316 g/mol. The van der Waals surface area contributed by atoms with Gasteiger partial charge in [-0.05, 0) is 24.9 Å². The third-order valence-corrected chi connectivity index (χ3v) is 4.38. The maximum atomic E-state index is 13.9. The summed E-state index contributed by atoms with van der Waals surface area (Å²) in [5.74, 6) is -0.176. The van der Waals surface area contributed by atoms with Crippen molar-refractivity contribution >= 4 is 35.2 Å². The largest absolute Gasteiger partial charge is 0.318 e. The molecule has 21 heavy (non-hydrogen) atoms. The normalized spacial score (nSPS) is 12.0.